The zero-order valence-electron chi connectivity index (χ0n) is 15.3. The van der Waals surface area contributed by atoms with Gasteiger partial charge in [-0.15, -0.1) is 0 Å². The number of rotatable bonds is 6. The standard InChI is InChI=1S/C21H28N4O/c26-20-13-5-9-15-24(20)16-10-6-14-22-21(25-17-7-2-8-18-25)23-19-11-3-1-4-12-19/h1,3-5,9,11-13,15H,2,6-8,10,14,16-18H2,(H,22,23). The number of aliphatic imine (C=N–C) groups is 1. The van der Waals surface area contributed by atoms with Crippen molar-refractivity contribution in [1.82, 2.24) is 9.47 Å². The van der Waals surface area contributed by atoms with Gasteiger partial charge in [-0.1, -0.05) is 24.3 Å². The van der Waals surface area contributed by atoms with Gasteiger partial charge in [0.2, 0.25) is 5.56 Å². The molecule has 0 aliphatic carbocycles. The normalized spacial score (nSPS) is 15.1. The highest BCUT2D eigenvalue weighted by Crippen LogP contribution is 2.12. The summed E-state index contributed by atoms with van der Waals surface area (Å²) in [6.45, 7) is 3.66. The Labute approximate surface area is 155 Å². The molecule has 138 valence electrons. The maximum Gasteiger partial charge on any atom is 0.250 e. The number of para-hydroxylation sites is 1. The minimum absolute atomic E-state index is 0.0655. The van der Waals surface area contributed by atoms with Gasteiger partial charge >= 0.3 is 0 Å². The van der Waals surface area contributed by atoms with Crippen LogP contribution in [0.3, 0.4) is 0 Å². The van der Waals surface area contributed by atoms with Gasteiger partial charge in [0.05, 0.1) is 0 Å². The van der Waals surface area contributed by atoms with Crippen molar-refractivity contribution in [3.05, 3.63) is 65.1 Å². The van der Waals surface area contributed by atoms with Gasteiger partial charge in [-0.3, -0.25) is 9.79 Å². The molecule has 0 amide bonds. The molecule has 0 radical (unpaired) electrons. The Balaban J connectivity index is 1.55. The number of anilines is 1. The van der Waals surface area contributed by atoms with Crippen LogP contribution in [0.15, 0.2) is 64.5 Å². The molecular formula is C21H28N4O. The van der Waals surface area contributed by atoms with E-state index in [9.17, 15) is 4.79 Å². The van der Waals surface area contributed by atoms with Crippen LogP contribution in [0.2, 0.25) is 0 Å². The van der Waals surface area contributed by atoms with Gasteiger partial charge < -0.3 is 14.8 Å². The van der Waals surface area contributed by atoms with E-state index in [0.29, 0.717) is 0 Å². The number of guanidine groups is 1. The van der Waals surface area contributed by atoms with E-state index in [4.69, 9.17) is 4.99 Å². The van der Waals surface area contributed by atoms with Crippen molar-refractivity contribution in [1.29, 1.82) is 0 Å². The molecular weight excluding hydrogens is 324 g/mol. The molecule has 2 aromatic rings. The molecule has 0 unspecified atom stereocenters. The van der Waals surface area contributed by atoms with E-state index in [0.717, 1.165) is 50.7 Å². The Morgan fingerprint density at radius 2 is 1.73 bits per heavy atom. The van der Waals surface area contributed by atoms with E-state index in [1.165, 1.54) is 19.3 Å². The van der Waals surface area contributed by atoms with Gasteiger partial charge in [0, 0.05) is 44.1 Å². The molecule has 26 heavy (non-hydrogen) atoms. The van der Waals surface area contributed by atoms with Crippen LogP contribution in [-0.2, 0) is 6.54 Å². The molecule has 0 bridgehead atoms. The van der Waals surface area contributed by atoms with Crippen LogP contribution in [0.4, 0.5) is 5.69 Å². The second-order valence-electron chi connectivity index (χ2n) is 6.68. The van der Waals surface area contributed by atoms with Crippen molar-refractivity contribution in [2.24, 2.45) is 4.99 Å². The summed E-state index contributed by atoms with van der Waals surface area (Å²) in [4.78, 5) is 18.9. The number of pyridine rings is 1. The van der Waals surface area contributed by atoms with E-state index < -0.39 is 0 Å². The molecule has 1 fully saturated rings. The molecule has 0 atom stereocenters. The number of likely N-dealkylation sites (tertiary alicyclic amines) is 1. The van der Waals surface area contributed by atoms with Gasteiger partial charge in [-0.2, -0.15) is 0 Å². The molecule has 5 heteroatoms. The van der Waals surface area contributed by atoms with E-state index in [1.54, 1.807) is 16.7 Å². The number of nitrogens with one attached hydrogen (secondary N) is 1. The molecule has 1 aromatic heterocycles. The number of hydrogen-bond donors (Lipinski definition) is 1. The van der Waals surface area contributed by atoms with Crippen molar-refractivity contribution >= 4 is 11.6 Å². The first-order valence-corrected chi connectivity index (χ1v) is 9.60. The van der Waals surface area contributed by atoms with Crippen molar-refractivity contribution < 1.29 is 0 Å². The Hall–Kier alpha value is -2.56. The fraction of sp³-hybridized carbons (Fsp3) is 0.429. The lowest BCUT2D eigenvalue weighted by molar-refractivity contribution is 0.340. The first-order chi connectivity index (χ1) is 12.8. The SMILES string of the molecule is O=c1ccccn1CCCCN=C(Nc1ccccc1)N1CCCCC1. The second-order valence-corrected chi connectivity index (χ2v) is 6.68. The van der Waals surface area contributed by atoms with E-state index in [-0.39, 0.29) is 5.56 Å². The lowest BCUT2D eigenvalue weighted by atomic mass is 10.1. The van der Waals surface area contributed by atoms with Gasteiger partial charge in [0.1, 0.15) is 0 Å². The van der Waals surface area contributed by atoms with E-state index >= 15 is 0 Å². The number of aryl methyl sites for hydroxylation is 1. The van der Waals surface area contributed by atoms with E-state index in [1.807, 2.05) is 30.5 Å². The molecule has 0 saturated carbocycles. The predicted octanol–water partition coefficient (Wildman–Crippen LogP) is 3.58. The lowest BCUT2D eigenvalue weighted by Gasteiger charge is -2.30. The second kappa shape index (κ2) is 9.80. The molecule has 3 rings (SSSR count). The summed E-state index contributed by atoms with van der Waals surface area (Å²) in [6.07, 6.45) is 7.53. The maximum absolute atomic E-state index is 11.7. The number of benzene rings is 1. The molecule has 1 saturated heterocycles. The highest BCUT2D eigenvalue weighted by atomic mass is 16.1. The Bertz CT molecular complexity index is 748. The molecule has 1 aliphatic rings. The number of piperidine rings is 1. The summed E-state index contributed by atoms with van der Waals surface area (Å²) in [5.41, 5.74) is 1.14. The predicted molar refractivity (Wildman–Crippen MR) is 108 cm³/mol. The first-order valence-electron chi connectivity index (χ1n) is 9.60. The number of unbranched alkanes of at least 4 members (excludes halogenated alkanes) is 1. The van der Waals surface area contributed by atoms with Crippen LogP contribution >= 0.6 is 0 Å². The smallest absolute Gasteiger partial charge is 0.250 e. The van der Waals surface area contributed by atoms with Crippen molar-refractivity contribution in [3.63, 3.8) is 0 Å². The zero-order valence-corrected chi connectivity index (χ0v) is 15.3. The highest BCUT2D eigenvalue weighted by Gasteiger charge is 2.14. The number of nitrogens with zero attached hydrogens (tertiary/aromatic N) is 3. The molecule has 2 heterocycles. The largest absolute Gasteiger partial charge is 0.343 e. The fourth-order valence-corrected chi connectivity index (χ4v) is 3.20. The van der Waals surface area contributed by atoms with Crippen molar-refractivity contribution in [2.75, 3.05) is 25.0 Å². The van der Waals surface area contributed by atoms with Gasteiger partial charge in [-0.25, -0.2) is 0 Å². The lowest BCUT2D eigenvalue weighted by Crippen LogP contribution is -2.40. The summed E-state index contributed by atoms with van der Waals surface area (Å²) in [5.74, 6) is 0.979. The quantitative estimate of drug-likeness (QED) is 0.491. The van der Waals surface area contributed by atoms with Crippen LogP contribution < -0.4 is 10.9 Å². The van der Waals surface area contributed by atoms with E-state index in [2.05, 4.69) is 22.3 Å². The minimum Gasteiger partial charge on any atom is -0.343 e. The molecule has 5 nitrogen and oxygen atoms in total. The molecule has 1 aromatic carbocycles. The maximum atomic E-state index is 11.7. The van der Waals surface area contributed by atoms with Gasteiger partial charge in [-0.05, 0) is 50.3 Å². The third-order valence-electron chi connectivity index (χ3n) is 4.65. The highest BCUT2D eigenvalue weighted by molar-refractivity contribution is 5.93. The topological polar surface area (TPSA) is 49.6 Å². The summed E-state index contributed by atoms with van der Waals surface area (Å²) in [6, 6.07) is 15.5. The first kappa shape index (κ1) is 18.2. The Morgan fingerprint density at radius 3 is 2.50 bits per heavy atom. The van der Waals surface area contributed by atoms with Crippen LogP contribution in [-0.4, -0.2) is 35.1 Å². The van der Waals surface area contributed by atoms with Gasteiger partial charge in [0.15, 0.2) is 5.96 Å². The number of hydrogen-bond acceptors (Lipinski definition) is 2. The van der Waals surface area contributed by atoms with Gasteiger partial charge in [0.25, 0.3) is 0 Å². The third-order valence-corrected chi connectivity index (χ3v) is 4.65. The summed E-state index contributed by atoms with van der Waals surface area (Å²) < 4.78 is 1.76. The van der Waals surface area contributed by atoms with Crippen LogP contribution in [0.5, 0.6) is 0 Å². The van der Waals surface area contributed by atoms with Crippen molar-refractivity contribution in [2.45, 2.75) is 38.6 Å². The Kier molecular flexibility index (Phi) is 6.88. The van der Waals surface area contributed by atoms with Crippen LogP contribution in [0, 0.1) is 0 Å². The van der Waals surface area contributed by atoms with Crippen LogP contribution in [0.1, 0.15) is 32.1 Å². The summed E-state index contributed by atoms with van der Waals surface area (Å²) in [7, 11) is 0. The number of aromatic nitrogens is 1. The third kappa shape index (κ3) is 5.48. The van der Waals surface area contributed by atoms with Crippen molar-refractivity contribution in [3.8, 4) is 0 Å². The summed E-state index contributed by atoms with van der Waals surface area (Å²) >= 11 is 0. The Morgan fingerprint density at radius 1 is 0.962 bits per heavy atom. The average Bonchev–Trinajstić information content (AvgIpc) is 2.69. The van der Waals surface area contributed by atoms with Crippen LogP contribution in [0.25, 0.3) is 0 Å². The molecule has 0 spiro atoms. The zero-order chi connectivity index (χ0) is 18.0. The monoisotopic (exact) mass is 352 g/mol. The fourth-order valence-electron chi connectivity index (χ4n) is 3.20. The average molecular weight is 352 g/mol. The molecule has 1 N–H and O–H groups in total. The minimum atomic E-state index is 0.0655. The molecule has 1 aliphatic heterocycles. The summed E-state index contributed by atoms with van der Waals surface area (Å²) in [5, 5.41) is 3.49.